The molecule has 0 bridgehead atoms. The molecule has 9 heteroatoms. The number of ether oxygens (including phenoxy) is 4. The molecule has 29 heavy (non-hydrogen) atoms. The molecular formula is C20H14N2O7. The molecule has 0 saturated carbocycles. The van der Waals surface area contributed by atoms with Gasteiger partial charge in [0.2, 0.25) is 19.5 Å². The van der Waals surface area contributed by atoms with Gasteiger partial charge in [-0.1, -0.05) is 6.07 Å². The molecule has 0 atom stereocenters. The molecule has 2 amide bonds. The van der Waals surface area contributed by atoms with E-state index >= 15 is 0 Å². The van der Waals surface area contributed by atoms with E-state index in [-0.39, 0.29) is 35.7 Å². The molecule has 2 aliphatic rings. The number of nitrogens with two attached hydrogens (primary N) is 2. The Morgan fingerprint density at radius 2 is 1.48 bits per heavy atom. The van der Waals surface area contributed by atoms with Gasteiger partial charge in [-0.2, -0.15) is 0 Å². The molecule has 2 heterocycles. The summed E-state index contributed by atoms with van der Waals surface area (Å²) in [6.07, 6.45) is 0. The van der Waals surface area contributed by atoms with Crippen LogP contribution in [0, 0.1) is 0 Å². The SMILES string of the molecule is NC(=O)c1c(C(N)=O)c(-c2ccc3c(c2)OCO3)c2c3c(ccc2c1O)OCO3. The van der Waals surface area contributed by atoms with E-state index in [1.54, 1.807) is 30.3 Å². The van der Waals surface area contributed by atoms with Crippen LogP contribution in [0.3, 0.4) is 0 Å². The number of phenols is 1. The molecular weight excluding hydrogens is 380 g/mol. The molecule has 146 valence electrons. The lowest BCUT2D eigenvalue weighted by atomic mass is 9.87. The Balaban J connectivity index is 1.98. The van der Waals surface area contributed by atoms with Crippen LogP contribution in [-0.4, -0.2) is 30.5 Å². The summed E-state index contributed by atoms with van der Waals surface area (Å²) >= 11 is 0. The van der Waals surface area contributed by atoms with E-state index in [9.17, 15) is 14.7 Å². The lowest BCUT2D eigenvalue weighted by molar-refractivity contribution is 0.0965. The number of fused-ring (bicyclic) bond motifs is 4. The van der Waals surface area contributed by atoms with Gasteiger partial charge in [-0.15, -0.1) is 0 Å². The van der Waals surface area contributed by atoms with Crippen molar-refractivity contribution in [3.63, 3.8) is 0 Å². The lowest BCUT2D eigenvalue weighted by Crippen LogP contribution is -2.22. The number of rotatable bonds is 3. The topological polar surface area (TPSA) is 143 Å². The average Bonchev–Trinajstić information content (AvgIpc) is 3.35. The Morgan fingerprint density at radius 3 is 2.24 bits per heavy atom. The normalized spacial score (nSPS) is 13.7. The molecule has 0 fully saturated rings. The monoisotopic (exact) mass is 394 g/mol. The number of primary amides is 2. The van der Waals surface area contributed by atoms with Gasteiger partial charge in [0.15, 0.2) is 23.0 Å². The van der Waals surface area contributed by atoms with Crippen LogP contribution >= 0.6 is 0 Å². The van der Waals surface area contributed by atoms with Crippen LogP contribution in [-0.2, 0) is 0 Å². The van der Waals surface area contributed by atoms with E-state index in [0.717, 1.165) is 0 Å². The smallest absolute Gasteiger partial charge is 0.253 e. The summed E-state index contributed by atoms with van der Waals surface area (Å²) in [4.78, 5) is 24.6. The maximum Gasteiger partial charge on any atom is 0.253 e. The van der Waals surface area contributed by atoms with Gasteiger partial charge < -0.3 is 35.5 Å². The van der Waals surface area contributed by atoms with Crippen LogP contribution in [0.5, 0.6) is 28.7 Å². The molecule has 0 spiro atoms. The quantitative estimate of drug-likeness (QED) is 0.615. The summed E-state index contributed by atoms with van der Waals surface area (Å²) in [5.41, 5.74) is 11.3. The largest absolute Gasteiger partial charge is 0.506 e. The molecule has 2 aliphatic heterocycles. The van der Waals surface area contributed by atoms with Crippen LogP contribution in [0.4, 0.5) is 0 Å². The summed E-state index contributed by atoms with van der Waals surface area (Å²) < 4.78 is 21.8. The molecule has 5 rings (SSSR count). The molecule has 0 aromatic heterocycles. The summed E-state index contributed by atoms with van der Waals surface area (Å²) in [5.74, 6) is -0.617. The molecule has 9 nitrogen and oxygen atoms in total. The van der Waals surface area contributed by atoms with Crippen molar-refractivity contribution in [1.29, 1.82) is 0 Å². The minimum absolute atomic E-state index is 0.0285. The van der Waals surface area contributed by atoms with Crippen LogP contribution in [0.1, 0.15) is 20.7 Å². The molecule has 0 saturated heterocycles. The van der Waals surface area contributed by atoms with Crippen molar-refractivity contribution in [2.75, 3.05) is 13.6 Å². The van der Waals surface area contributed by atoms with E-state index in [2.05, 4.69) is 0 Å². The highest BCUT2D eigenvalue weighted by atomic mass is 16.7. The van der Waals surface area contributed by atoms with E-state index in [1.165, 1.54) is 0 Å². The van der Waals surface area contributed by atoms with Crippen molar-refractivity contribution in [1.82, 2.24) is 0 Å². The standard InChI is InChI=1S/C20H14N2O7/c21-19(24)15-13(8-1-3-10-12(5-8)28-6-26-10)14-9(17(23)16(15)20(22)25)2-4-11-18(14)29-7-27-11/h1-5,23H,6-7H2,(H2,21,24)(H2,22,25). The fraction of sp³-hybridized carbons (Fsp3) is 0.100. The second-order valence-electron chi connectivity index (χ2n) is 6.49. The van der Waals surface area contributed by atoms with Crippen molar-refractivity contribution in [3.05, 3.63) is 41.5 Å². The zero-order valence-corrected chi connectivity index (χ0v) is 14.9. The Hall–Kier alpha value is -4.14. The predicted octanol–water partition coefficient (Wildman–Crippen LogP) is 1.87. The first-order valence-corrected chi connectivity index (χ1v) is 8.58. The molecule has 0 unspecified atom stereocenters. The number of aromatic hydroxyl groups is 1. The third-order valence-electron chi connectivity index (χ3n) is 4.94. The van der Waals surface area contributed by atoms with Crippen molar-refractivity contribution < 1.29 is 33.6 Å². The second kappa shape index (κ2) is 5.93. The number of amides is 2. The van der Waals surface area contributed by atoms with Gasteiger partial charge in [-0.3, -0.25) is 9.59 Å². The lowest BCUT2D eigenvalue weighted by Gasteiger charge is -2.18. The second-order valence-corrected chi connectivity index (χ2v) is 6.49. The molecule has 3 aromatic rings. The van der Waals surface area contributed by atoms with Gasteiger partial charge in [0.1, 0.15) is 5.75 Å². The van der Waals surface area contributed by atoms with E-state index in [1.807, 2.05) is 0 Å². The summed E-state index contributed by atoms with van der Waals surface area (Å²) in [7, 11) is 0. The summed E-state index contributed by atoms with van der Waals surface area (Å²) in [5, 5.41) is 11.4. The highest BCUT2D eigenvalue weighted by molar-refractivity contribution is 6.21. The number of hydrogen-bond donors (Lipinski definition) is 3. The van der Waals surface area contributed by atoms with Crippen molar-refractivity contribution >= 4 is 22.6 Å². The van der Waals surface area contributed by atoms with Gasteiger partial charge in [-0.05, 0) is 29.8 Å². The van der Waals surface area contributed by atoms with Gasteiger partial charge in [-0.25, -0.2) is 0 Å². The number of carbonyl (C=O) groups excluding carboxylic acids is 2. The fourth-order valence-corrected chi connectivity index (χ4v) is 3.75. The third-order valence-corrected chi connectivity index (χ3v) is 4.94. The van der Waals surface area contributed by atoms with Crippen LogP contribution in [0.25, 0.3) is 21.9 Å². The maximum atomic E-state index is 12.4. The maximum absolute atomic E-state index is 12.4. The third kappa shape index (κ3) is 2.34. The van der Waals surface area contributed by atoms with Gasteiger partial charge in [0, 0.05) is 16.3 Å². The first kappa shape index (κ1) is 17.0. The highest BCUT2D eigenvalue weighted by Crippen LogP contribution is 2.50. The van der Waals surface area contributed by atoms with Gasteiger partial charge >= 0.3 is 0 Å². The molecule has 0 radical (unpaired) electrons. The van der Waals surface area contributed by atoms with Gasteiger partial charge in [0.05, 0.1) is 11.1 Å². The zero-order valence-electron chi connectivity index (χ0n) is 14.9. The van der Waals surface area contributed by atoms with Crippen LogP contribution in [0.15, 0.2) is 30.3 Å². The van der Waals surface area contributed by atoms with Crippen molar-refractivity contribution in [3.8, 4) is 39.9 Å². The Morgan fingerprint density at radius 1 is 0.828 bits per heavy atom. The zero-order chi connectivity index (χ0) is 20.3. The summed E-state index contributed by atoms with van der Waals surface area (Å²) in [6, 6.07) is 8.17. The number of hydrogen-bond acceptors (Lipinski definition) is 7. The van der Waals surface area contributed by atoms with E-state index in [4.69, 9.17) is 30.4 Å². The Bertz CT molecular complexity index is 1240. The Labute approximate surface area is 163 Å². The molecule has 5 N–H and O–H groups in total. The molecule has 0 aliphatic carbocycles. The molecule has 3 aromatic carbocycles. The van der Waals surface area contributed by atoms with Crippen molar-refractivity contribution in [2.45, 2.75) is 0 Å². The van der Waals surface area contributed by atoms with Gasteiger partial charge in [0.25, 0.3) is 5.91 Å². The fourth-order valence-electron chi connectivity index (χ4n) is 3.75. The first-order valence-electron chi connectivity index (χ1n) is 8.58. The number of benzene rings is 3. The first-order chi connectivity index (χ1) is 14.0. The van der Waals surface area contributed by atoms with E-state index < -0.39 is 17.6 Å². The minimum atomic E-state index is -0.988. The highest BCUT2D eigenvalue weighted by Gasteiger charge is 2.31. The minimum Gasteiger partial charge on any atom is -0.506 e. The van der Waals surface area contributed by atoms with Crippen LogP contribution in [0.2, 0.25) is 0 Å². The average molecular weight is 394 g/mol. The predicted molar refractivity (Wildman–Crippen MR) is 100 cm³/mol. The summed E-state index contributed by atoms with van der Waals surface area (Å²) in [6.45, 7) is 0.0376. The Kier molecular flexibility index (Phi) is 3.47. The number of carbonyl (C=O) groups is 2. The van der Waals surface area contributed by atoms with E-state index in [0.29, 0.717) is 33.9 Å². The van der Waals surface area contributed by atoms with Crippen LogP contribution < -0.4 is 30.4 Å². The van der Waals surface area contributed by atoms with Crippen molar-refractivity contribution in [2.24, 2.45) is 11.5 Å².